The second kappa shape index (κ2) is 6.53. The van der Waals surface area contributed by atoms with Crippen LogP contribution in [0.2, 0.25) is 5.02 Å². The molecule has 0 fully saturated rings. The fourth-order valence-electron chi connectivity index (χ4n) is 2.46. The third-order valence-corrected chi connectivity index (χ3v) is 3.78. The number of H-pyrrole nitrogens is 1. The third kappa shape index (κ3) is 4.02. The molecule has 1 atom stereocenters. The van der Waals surface area contributed by atoms with Gasteiger partial charge in [-0.15, -0.1) is 13.2 Å². The van der Waals surface area contributed by atoms with E-state index in [2.05, 4.69) is 14.9 Å². The van der Waals surface area contributed by atoms with Crippen LogP contribution < -0.4 is 4.74 Å². The molecule has 0 aliphatic heterocycles. The number of hydrogen-bond acceptors (Lipinski definition) is 3. The fourth-order valence-corrected chi connectivity index (χ4v) is 2.62. The predicted octanol–water partition coefficient (Wildman–Crippen LogP) is 4.53. The van der Waals surface area contributed by atoms with E-state index in [9.17, 15) is 22.7 Å². The zero-order valence-electron chi connectivity index (χ0n) is 12.4. The lowest BCUT2D eigenvalue weighted by Crippen LogP contribution is -2.16. The number of nitrogens with one attached hydrogen (secondary N) is 1. The highest BCUT2D eigenvalue weighted by Gasteiger charge is 2.31. The van der Waals surface area contributed by atoms with Crippen LogP contribution >= 0.6 is 11.6 Å². The molecule has 0 bridgehead atoms. The smallest absolute Gasteiger partial charge is 0.406 e. The van der Waals surface area contributed by atoms with E-state index in [1.807, 2.05) is 0 Å². The molecule has 132 valence electrons. The molecule has 0 spiro atoms. The number of alkyl halides is 3. The van der Waals surface area contributed by atoms with Gasteiger partial charge in [0, 0.05) is 22.9 Å². The zero-order valence-corrected chi connectivity index (χ0v) is 13.2. The summed E-state index contributed by atoms with van der Waals surface area (Å²) in [7, 11) is 0. The van der Waals surface area contributed by atoms with Gasteiger partial charge in [0.05, 0.1) is 11.2 Å². The van der Waals surface area contributed by atoms with Gasteiger partial charge in [-0.1, -0.05) is 17.7 Å². The number of hydrogen-bond donors (Lipinski definition) is 2. The summed E-state index contributed by atoms with van der Waals surface area (Å²) in [5, 5.41) is 17.4. The van der Waals surface area contributed by atoms with Crippen molar-refractivity contribution >= 4 is 22.5 Å². The highest BCUT2D eigenvalue weighted by Crippen LogP contribution is 2.30. The van der Waals surface area contributed by atoms with Crippen LogP contribution in [-0.4, -0.2) is 21.7 Å². The summed E-state index contributed by atoms with van der Waals surface area (Å²) >= 11 is 5.68. The van der Waals surface area contributed by atoms with E-state index in [-0.39, 0.29) is 28.2 Å². The van der Waals surface area contributed by atoms with Gasteiger partial charge in [-0.2, -0.15) is 5.10 Å². The van der Waals surface area contributed by atoms with Crippen LogP contribution in [-0.2, 0) is 6.42 Å². The number of benzene rings is 2. The number of aliphatic hydroxyl groups is 1. The van der Waals surface area contributed by atoms with E-state index in [0.29, 0.717) is 5.39 Å². The molecule has 4 nitrogen and oxygen atoms in total. The van der Waals surface area contributed by atoms with Crippen LogP contribution in [0.1, 0.15) is 17.4 Å². The second-order valence-electron chi connectivity index (χ2n) is 5.32. The van der Waals surface area contributed by atoms with Gasteiger partial charge < -0.3 is 9.84 Å². The predicted molar refractivity (Wildman–Crippen MR) is 82.9 cm³/mol. The van der Waals surface area contributed by atoms with Crippen LogP contribution in [0.25, 0.3) is 10.9 Å². The maximum atomic E-state index is 13.8. The molecule has 2 N–H and O–H groups in total. The van der Waals surface area contributed by atoms with Gasteiger partial charge in [0.15, 0.2) is 0 Å². The van der Waals surface area contributed by atoms with Crippen LogP contribution in [0, 0.1) is 5.82 Å². The van der Waals surface area contributed by atoms with Gasteiger partial charge in [0.25, 0.3) is 0 Å². The molecule has 0 saturated heterocycles. The van der Waals surface area contributed by atoms with Gasteiger partial charge >= 0.3 is 6.36 Å². The lowest BCUT2D eigenvalue weighted by atomic mass is 10.0. The maximum absolute atomic E-state index is 13.8. The normalized spacial score (nSPS) is 13.2. The minimum absolute atomic E-state index is 0.0657. The van der Waals surface area contributed by atoms with E-state index in [0.717, 1.165) is 18.2 Å². The first kappa shape index (κ1) is 17.5. The van der Waals surface area contributed by atoms with Crippen molar-refractivity contribution in [3.05, 3.63) is 58.5 Å². The molecular weight excluding hydrogens is 364 g/mol. The van der Waals surface area contributed by atoms with Crippen molar-refractivity contribution in [3.8, 4) is 5.75 Å². The monoisotopic (exact) mass is 374 g/mol. The second-order valence-corrected chi connectivity index (χ2v) is 5.76. The minimum Gasteiger partial charge on any atom is -0.406 e. The van der Waals surface area contributed by atoms with Crippen LogP contribution in [0.15, 0.2) is 36.4 Å². The highest BCUT2D eigenvalue weighted by molar-refractivity contribution is 6.30. The number of aromatic amines is 1. The first-order valence-electron chi connectivity index (χ1n) is 7.09. The first-order valence-corrected chi connectivity index (χ1v) is 7.46. The molecule has 9 heteroatoms. The van der Waals surface area contributed by atoms with E-state index >= 15 is 0 Å². The van der Waals surface area contributed by atoms with E-state index in [4.69, 9.17) is 11.6 Å². The van der Waals surface area contributed by atoms with Gasteiger partial charge in [0.1, 0.15) is 17.7 Å². The summed E-state index contributed by atoms with van der Waals surface area (Å²) in [6, 6.07) is 7.66. The van der Waals surface area contributed by atoms with Crippen molar-refractivity contribution in [2.75, 3.05) is 0 Å². The van der Waals surface area contributed by atoms with E-state index in [1.54, 1.807) is 0 Å². The van der Waals surface area contributed by atoms with Crippen molar-refractivity contribution in [2.45, 2.75) is 18.9 Å². The lowest BCUT2D eigenvalue weighted by Gasteiger charge is -2.10. The quantitative estimate of drug-likeness (QED) is 0.660. The van der Waals surface area contributed by atoms with Crippen molar-refractivity contribution < 1.29 is 27.4 Å². The standard InChI is InChI=1S/C16H11ClF4N2O2/c17-9-2-1-8(12(18)6-9)5-14(24)15-11-4-3-10(25-16(19,20)21)7-13(11)22-23-15/h1-4,6-7,14,24H,5H2,(H,22,23). The largest absolute Gasteiger partial charge is 0.573 e. The third-order valence-electron chi connectivity index (χ3n) is 3.54. The molecule has 0 aliphatic carbocycles. The number of aromatic nitrogens is 2. The summed E-state index contributed by atoms with van der Waals surface area (Å²) in [6.45, 7) is 0. The number of ether oxygens (including phenoxy) is 1. The molecule has 2 aromatic carbocycles. The molecule has 0 amide bonds. The Morgan fingerprint density at radius 2 is 1.96 bits per heavy atom. The summed E-state index contributed by atoms with van der Waals surface area (Å²) in [6.07, 6.45) is -6.02. The molecule has 0 saturated carbocycles. The number of nitrogens with zero attached hydrogens (tertiary/aromatic N) is 1. The van der Waals surface area contributed by atoms with Crippen LogP contribution in [0.5, 0.6) is 5.75 Å². The molecule has 3 aromatic rings. The Morgan fingerprint density at radius 1 is 1.20 bits per heavy atom. The van der Waals surface area contributed by atoms with Crippen molar-refractivity contribution in [3.63, 3.8) is 0 Å². The summed E-state index contributed by atoms with van der Waals surface area (Å²) in [4.78, 5) is 0. The van der Waals surface area contributed by atoms with Gasteiger partial charge in [-0.05, 0) is 29.8 Å². The Labute approximate surface area is 144 Å². The Balaban J connectivity index is 1.85. The number of rotatable bonds is 4. The molecule has 1 aromatic heterocycles. The maximum Gasteiger partial charge on any atom is 0.573 e. The van der Waals surface area contributed by atoms with Crippen molar-refractivity contribution in [1.29, 1.82) is 0 Å². The molecule has 25 heavy (non-hydrogen) atoms. The fraction of sp³-hybridized carbons (Fsp3) is 0.188. The topological polar surface area (TPSA) is 58.1 Å². The number of halogens is 5. The number of fused-ring (bicyclic) bond motifs is 1. The van der Waals surface area contributed by atoms with Crippen LogP contribution in [0.3, 0.4) is 0 Å². The highest BCUT2D eigenvalue weighted by atomic mass is 35.5. The zero-order chi connectivity index (χ0) is 18.2. The number of aliphatic hydroxyl groups excluding tert-OH is 1. The van der Waals surface area contributed by atoms with E-state index in [1.165, 1.54) is 18.2 Å². The van der Waals surface area contributed by atoms with Gasteiger partial charge in [-0.25, -0.2) is 4.39 Å². The summed E-state index contributed by atoms with van der Waals surface area (Å²) in [5.41, 5.74) is 0.695. The first-order chi connectivity index (χ1) is 11.7. The summed E-state index contributed by atoms with van der Waals surface area (Å²) < 4.78 is 54.4. The molecule has 0 radical (unpaired) electrons. The molecule has 0 aliphatic rings. The average molecular weight is 375 g/mol. The molecule has 1 heterocycles. The van der Waals surface area contributed by atoms with Gasteiger partial charge in [-0.3, -0.25) is 5.10 Å². The Hall–Kier alpha value is -2.32. The van der Waals surface area contributed by atoms with E-state index < -0.39 is 24.0 Å². The summed E-state index contributed by atoms with van der Waals surface area (Å²) in [5.74, 6) is -0.972. The lowest BCUT2D eigenvalue weighted by molar-refractivity contribution is -0.274. The molecular formula is C16H11ClF4N2O2. The average Bonchev–Trinajstić information content (AvgIpc) is 2.91. The molecule has 1 unspecified atom stereocenters. The molecule has 3 rings (SSSR count). The Bertz CT molecular complexity index is 911. The van der Waals surface area contributed by atoms with Gasteiger partial charge in [0.2, 0.25) is 0 Å². The van der Waals surface area contributed by atoms with Crippen LogP contribution in [0.4, 0.5) is 17.6 Å². The van der Waals surface area contributed by atoms with Crippen molar-refractivity contribution in [1.82, 2.24) is 10.2 Å². The minimum atomic E-state index is -4.80. The SMILES string of the molecule is OC(Cc1ccc(Cl)cc1F)c1n[nH]c2cc(OC(F)(F)F)ccc12. The Kier molecular flexibility index (Phi) is 4.57. The Morgan fingerprint density at radius 3 is 2.64 bits per heavy atom. The van der Waals surface area contributed by atoms with Crippen molar-refractivity contribution in [2.24, 2.45) is 0 Å².